The Morgan fingerprint density at radius 2 is 1.52 bits per heavy atom. The lowest BCUT2D eigenvalue weighted by Gasteiger charge is -2.09. The molecule has 2 aromatic carbocycles. The first-order chi connectivity index (χ1) is 14.0. The molecule has 0 amide bonds. The summed E-state index contributed by atoms with van der Waals surface area (Å²) in [6, 6.07) is 17.3. The second-order valence-electron chi connectivity index (χ2n) is 6.04. The first-order valence-corrected chi connectivity index (χ1v) is 11.7. The zero-order valence-electron chi connectivity index (χ0n) is 14.9. The van der Waals surface area contributed by atoms with Crippen molar-refractivity contribution in [1.82, 2.24) is 9.97 Å². The molecule has 0 aliphatic rings. The van der Waals surface area contributed by atoms with E-state index < -0.39 is 10.0 Å². The second-order valence-corrected chi connectivity index (χ2v) is 9.49. The van der Waals surface area contributed by atoms with Crippen LogP contribution in [-0.2, 0) is 10.0 Å². The number of hydrogen-bond acceptors (Lipinski definition) is 6. The highest BCUT2D eigenvalue weighted by Crippen LogP contribution is 2.27. The number of halogens is 1. The largest absolute Gasteiger partial charge is 0.332 e. The average Bonchev–Trinajstić information content (AvgIpc) is 3.19. The third-order valence-electron chi connectivity index (χ3n) is 3.99. The van der Waals surface area contributed by atoms with Gasteiger partial charge in [-0.25, -0.2) is 13.4 Å². The van der Waals surface area contributed by atoms with Crippen LogP contribution in [0.3, 0.4) is 0 Å². The summed E-state index contributed by atoms with van der Waals surface area (Å²) < 4.78 is 28.3. The van der Waals surface area contributed by atoms with Crippen molar-refractivity contribution in [2.24, 2.45) is 0 Å². The predicted molar refractivity (Wildman–Crippen MR) is 120 cm³/mol. The molecule has 9 heteroatoms. The van der Waals surface area contributed by atoms with Gasteiger partial charge in [-0.3, -0.25) is 9.71 Å². The summed E-state index contributed by atoms with van der Waals surface area (Å²) in [6.07, 6.45) is 3.46. The van der Waals surface area contributed by atoms with Gasteiger partial charge in [-0.2, -0.15) is 0 Å². The number of hydrogen-bond donors (Lipinski definition) is 2. The molecule has 0 atom stereocenters. The minimum atomic E-state index is -3.64. The monoisotopic (exact) mass is 486 g/mol. The number of thiazole rings is 1. The van der Waals surface area contributed by atoms with Gasteiger partial charge in [0.2, 0.25) is 0 Å². The van der Waals surface area contributed by atoms with Crippen molar-refractivity contribution in [1.29, 1.82) is 0 Å². The molecule has 29 heavy (non-hydrogen) atoms. The van der Waals surface area contributed by atoms with Crippen LogP contribution in [0, 0.1) is 0 Å². The van der Waals surface area contributed by atoms with Crippen molar-refractivity contribution in [3.63, 3.8) is 0 Å². The highest BCUT2D eigenvalue weighted by Gasteiger charge is 2.14. The number of pyridine rings is 1. The lowest BCUT2D eigenvalue weighted by molar-refractivity contribution is 0.601. The standard InChI is InChI=1S/C20H15BrN4O2S2/c21-15-1-7-18(8-2-15)29(26,27)25-17-5-3-16(4-6-17)23-20-24-19(13-28-20)14-9-11-22-12-10-14/h1-13,25H,(H,23,24). The molecule has 0 saturated carbocycles. The van der Waals surface area contributed by atoms with Crippen molar-refractivity contribution < 1.29 is 8.42 Å². The average molecular weight is 487 g/mol. The SMILES string of the molecule is O=S(=O)(Nc1ccc(Nc2nc(-c3ccncc3)cs2)cc1)c1ccc(Br)cc1. The Kier molecular flexibility index (Phi) is 5.61. The predicted octanol–water partition coefficient (Wildman–Crippen LogP) is 5.51. The van der Waals surface area contributed by atoms with Crippen LogP contribution in [-0.4, -0.2) is 18.4 Å². The Hall–Kier alpha value is -2.75. The molecular formula is C20H15BrN4O2S2. The van der Waals surface area contributed by atoms with Crippen LogP contribution in [0.4, 0.5) is 16.5 Å². The number of anilines is 3. The van der Waals surface area contributed by atoms with Crippen molar-refractivity contribution in [2.45, 2.75) is 4.90 Å². The van der Waals surface area contributed by atoms with E-state index in [-0.39, 0.29) is 4.90 Å². The Bertz CT molecular complexity index is 1210. The van der Waals surface area contributed by atoms with E-state index in [1.54, 1.807) is 60.9 Å². The maximum absolute atomic E-state index is 12.5. The van der Waals surface area contributed by atoms with Crippen LogP contribution in [0.15, 0.2) is 87.8 Å². The summed E-state index contributed by atoms with van der Waals surface area (Å²) in [6.45, 7) is 0. The maximum Gasteiger partial charge on any atom is 0.261 e. The van der Waals surface area contributed by atoms with Crippen LogP contribution in [0.2, 0.25) is 0 Å². The molecule has 0 bridgehead atoms. The first kappa shape index (κ1) is 19.6. The normalized spacial score (nSPS) is 11.2. The van der Waals surface area contributed by atoms with Crippen molar-refractivity contribution in [2.75, 3.05) is 10.0 Å². The molecule has 0 radical (unpaired) electrons. The number of benzene rings is 2. The topological polar surface area (TPSA) is 84.0 Å². The number of nitrogens with one attached hydrogen (secondary N) is 2. The zero-order chi connectivity index (χ0) is 20.3. The molecule has 0 unspecified atom stereocenters. The minimum Gasteiger partial charge on any atom is -0.332 e. The van der Waals surface area contributed by atoms with Crippen LogP contribution in [0.25, 0.3) is 11.3 Å². The Morgan fingerprint density at radius 1 is 0.862 bits per heavy atom. The molecule has 146 valence electrons. The Morgan fingerprint density at radius 3 is 2.21 bits per heavy atom. The smallest absolute Gasteiger partial charge is 0.261 e. The fraction of sp³-hybridized carbons (Fsp3) is 0. The van der Waals surface area contributed by atoms with Crippen LogP contribution in [0.5, 0.6) is 0 Å². The molecular weight excluding hydrogens is 472 g/mol. The van der Waals surface area contributed by atoms with E-state index in [9.17, 15) is 8.42 Å². The quantitative estimate of drug-likeness (QED) is 0.375. The highest BCUT2D eigenvalue weighted by molar-refractivity contribution is 9.10. The lowest BCUT2D eigenvalue weighted by atomic mass is 10.2. The van der Waals surface area contributed by atoms with Crippen LogP contribution < -0.4 is 10.0 Å². The van der Waals surface area contributed by atoms with Crippen molar-refractivity contribution >= 4 is 53.8 Å². The van der Waals surface area contributed by atoms with Crippen molar-refractivity contribution in [3.05, 3.63) is 82.9 Å². The highest BCUT2D eigenvalue weighted by atomic mass is 79.9. The molecule has 4 rings (SSSR count). The van der Waals surface area contributed by atoms with Gasteiger partial charge in [0, 0.05) is 39.2 Å². The summed E-state index contributed by atoms with van der Waals surface area (Å²) in [7, 11) is -3.64. The summed E-state index contributed by atoms with van der Waals surface area (Å²) >= 11 is 4.79. The van der Waals surface area contributed by atoms with Crippen molar-refractivity contribution in [3.8, 4) is 11.3 Å². The number of sulfonamides is 1. The minimum absolute atomic E-state index is 0.203. The summed E-state index contributed by atoms with van der Waals surface area (Å²) in [5.41, 5.74) is 3.17. The fourth-order valence-corrected chi connectivity index (χ4v) is 4.62. The Balaban J connectivity index is 1.44. The van der Waals surface area contributed by atoms with E-state index in [4.69, 9.17) is 0 Å². The molecule has 0 saturated heterocycles. The molecule has 0 spiro atoms. The van der Waals surface area contributed by atoms with Gasteiger partial charge in [0.05, 0.1) is 10.6 Å². The van der Waals surface area contributed by atoms with Gasteiger partial charge in [-0.1, -0.05) is 15.9 Å². The van der Waals surface area contributed by atoms with Gasteiger partial charge in [0.25, 0.3) is 10.0 Å². The van der Waals surface area contributed by atoms with E-state index in [2.05, 4.69) is 35.9 Å². The lowest BCUT2D eigenvalue weighted by Crippen LogP contribution is -2.12. The van der Waals surface area contributed by atoms with Crippen LogP contribution in [0.1, 0.15) is 0 Å². The van der Waals surface area contributed by atoms with E-state index in [1.807, 2.05) is 17.5 Å². The molecule has 0 aliphatic heterocycles. The van der Waals surface area contributed by atoms with Crippen LogP contribution >= 0.6 is 27.3 Å². The maximum atomic E-state index is 12.5. The summed E-state index contributed by atoms with van der Waals surface area (Å²) in [5.74, 6) is 0. The molecule has 2 heterocycles. The van der Waals surface area contributed by atoms with Gasteiger partial charge >= 0.3 is 0 Å². The molecule has 6 nitrogen and oxygen atoms in total. The summed E-state index contributed by atoms with van der Waals surface area (Å²) in [4.78, 5) is 8.78. The van der Waals surface area contributed by atoms with Gasteiger partial charge in [-0.15, -0.1) is 11.3 Å². The van der Waals surface area contributed by atoms with Gasteiger partial charge in [0.1, 0.15) is 0 Å². The number of nitrogens with zero attached hydrogens (tertiary/aromatic N) is 2. The van der Waals surface area contributed by atoms with Gasteiger partial charge < -0.3 is 5.32 Å². The molecule has 0 aliphatic carbocycles. The van der Waals surface area contributed by atoms with E-state index in [0.717, 1.165) is 26.5 Å². The zero-order valence-corrected chi connectivity index (χ0v) is 18.1. The third-order valence-corrected chi connectivity index (χ3v) is 6.68. The van der Waals surface area contributed by atoms with Gasteiger partial charge in [0.15, 0.2) is 5.13 Å². The third kappa shape index (κ3) is 4.81. The van der Waals surface area contributed by atoms with Gasteiger partial charge in [-0.05, 0) is 60.7 Å². The summed E-state index contributed by atoms with van der Waals surface area (Å²) in [5, 5.41) is 5.95. The first-order valence-electron chi connectivity index (χ1n) is 8.51. The Labute approximate surface area is 180 Å². The molecule has 2 N–H and O–H groups in total. The molecule has 0 fully saturated rings. The van der Waals surface area contributed by atoms with E-state index in [0.29, 0.717) is 5.69 Å². The van der Waals surface area contributed by atoms with E-state index >= 15 is 0 Å². The van der Waals surface area contributed by atoms with E-state index in [1.165, 1.54) is 11.3 Å². The fourth-order valence-electron chi connectivity index (χ4n) is 2.56. The number of rotatable bonds is 6. The number of aromatic nitrogens is 2. The molecule has 4 aromatic rings. The molecule has 2 aromatic heterocycles. The second kappa shape index (κ2) is 8.32.